The Morgan fingerprint density at radius 3 is 2.85 bits per heavy atom. The number of aromatic nitrogens is 1. The molecule has 8 heteroatoms. The fraction of sp³-hybridized carbons (Fsp3) is 0.320. The molecule has 1 aromatic heterocycles. The monoisotopic (exact) mass is 798 g/mol. The average molecular weight is 799 g/mol. The number of hydrogen-bond acceptors (Lipinski definition) is 5. The van der Waals surface area contributed by atoms with E-state index in [-0.39, 0.29) is 44.7 Å². The van der Waals surface area contributed by atoms with Gasteiger partial charge < -0.3 is 7.43 Å². The second-order valence-electron chi connectivity index (χ2n) is 8.11. The molecule has 0 radical (unpaired) electrons. The molecule has 1 unspecified atom stereocenters. The molecule has 174 valence electrons. The van der Waals surface area contributed by atoms with Crippen molar-refractivity contribution in [2.45, 2.75) is 32.4 Å². The van der Waals surface area contributed by atoms with Gasteiger partial charge in [0, 0.05) is 0 Å². The minimum Gasteiger partial charge on any atom is -0.358 e. The molecule has 1 amide bonds. The largest absolute Gasteiger partial charge is 2.00 e. The van der Waals surface area contributed by atoms with Gasteiger partial charge >= 0.3 is 223 Å². The third-order valence-electron chi connectivity index (χ3n) is 6.18. The van der Waals surface area contributed by atoms with Crippen LogP contribution in [0, 0.1) is 54.8 Å². The number of benzene rings is 1. The zero-order valence-electron chi connectivity index (χ0n) is 19.0. The summed E-state index contributed by atoms with van der Waals surface area (Å²) in [6.45, 7) is 8.48. The van der Waals surface area contributed by atoms with Crippen LogP contribution in [-0.2, 0) is 4.79 Å². The number of anilines is 1. The van der Waals surface area contributed by atoms with Crippen molar-refractivity contribution in [3.63, 3.8) is 0 Å². The second kappa shape index (κ2) is 10.7. The molecule has 3 aliphatic heterocycles. The molecule has 5 nitrogen and oxygen atoms in total. The smallest absolute Gasteiger partial charge is 0.358 e. The van der Waals surface area contributed by atoms with Gasteiger partial charge in [-0.3, -0.25) is 0 Å². The van der Waals surface area contributed by atoms with Crippen LogP contribution in [0.3, 0.4) is 0 Å². The van der Waals surface area contributed by atoms with Gasteiger partial charge in [0.2, 0.25) is 0 Å². The molecule has 1 fully saturated rings. The van der Waals surface area contributed by atoms with Gasteiger partial charge in [0.25, 0.3) is 0 Å². The molecule has 33 heavy (non-hydrogen) atoms. The van der Waals surface area contributed by atoms with E-state index in [1.165, 1.54) is 36.1 Å². The van der Waals surface area contributed by atoms with Gasteiger partial charge in [0.15, 0.2) is 0 Å². The van der Waals surface area contributed by atoms with Gasteiger partial charge in [-0.1, -0.05) is 0 Å². The summed E-state index contributed by atoms with van der Waals surface area (Å²) >= 11 is -0.356. The Morgan fingerprint density at radius 1 is 1.45 bits per heavy atom. The number of thiazole rings is 1. The summed E-state index contributed by atoms with van der Waals surface area (Å²) in [5.74, 6) is -0.534. The molecule has 1 saturated heterocycles. The van der Waals surface area contributed by atoms with Crippen LogP contribution >= 0.6 is 11.3 Å². The number of halogens is 1. The van der Waals surface area contributed by atoms with Gasteiger partial charge in [-0.25, -0.2) is 0 Å². The third kappa shape index (κ3) is 4.73. The number of carbonyl (C=O) groups excluding carboxylic acids is 1. The Balaban J connectivity index is 0.00000153. The summed E-state index contributed by atoms with van der Waals surface area (Å²) in [6.07, 6.45) is 7.32. The Kier molecular flexibility index (Phi) is 8.58. The second-order valence-corrected chi connectivity index (χ2v) is 18.8. The summed E-state index contributed by atoms with van der Waals surface area (Å²) < 4.78 is 5.70. The van der Waals surface area contributed by atoms with Crippen LogP contribution in [0.15, 0.2) is 46.4 Å². The van der Waals surface area contributed by atoms with Crippen LogP contribution in [0.5, 0.6) is 0 Å². The maximum Gasteiger partial charge on any atom is 2.00 e. The van der Waals surface area contributed by atoms with Crippen molar-refractivity contribution in [3.8, 4) is 0 Å². The minimum atomic E-state index is -1.91. The van der Waals surface area contributed by atoms with Crippen molar-refractivity contribution in [2.24, 2.45) is 5.73 Å². The number of primary amides is 1. The van der Waals surface area contributed by atoms with Crippen LogP contribution in [0.2, 0.25) is 0 Å². The third-order valence-corrected chi connectivity index (χ3v) is 18.4. The summed E-state index contributed by atoms with van der Waals surface area (Å²) in [6, 6.07) is 8.14. The summed E-state index contributed by atoms with van der Waals surface area (Å²) in [4.78, 5) is 18.5. The molecule has 5 rings (SSSR count). The first-order valence-corrected chi connectivity index (χ1v) is 17.2. The molecular formula is C25H29IN4OSU-2. The van der Waals surface area contributed by atoms with E-state index >= 15 is 0 Å². The maximum atomic E-state index is 11.9. The number of rotatable bonds is 6. The van der Waals surface area contributed by atoms with Crippen LogP contribution in [0.1, 0.15) is 43.6 Å². The SMILES string of the molecule is [CH-]=C1C=C2c3c[c-]c([I-]4(CCCC)CCC4)cc3NC(c3cscn3)N2C=C1C(N)=O.[CH3-].[U+2]. The minimum absolute atomic E-state index is 0. The Labute approximate surface area is 228 Å². The van der Waals surface area contributed by atoms with E-state index in [0.717, 1.165) is 22.6 Å². The zero-order valence-corrected chi connectivity index (χ0v) is 26.2. The molecule has 0 aliphatic carbocycles. The van der Waals surface area contributed by atoms with E-state index in [0.29, 0.717) is 11.1 Å². The molecule has 0 saturated carbocycles. The van der Waals surface area contributed by atoms with Gasteiger partial charge in [0.1, 0.15) is 0 Å². The molecule has 1 aromatic carbocycles. The van der Waals surface area contributed by atoms with Crippen LogP contribution in [0.25, 0.3) is 5.70 Å². The molecule has 4 heterocycles. The van der Waals surface area contributed by atoms with E-state index in [2.05, 4.69) is 35.4 Å². The van der Waals surface area contributed by atoms with Crippen molar-refractivity contribution in [1.82, 2.24) is 9.88 Å². The molecule has 0 spiro atoms. The molecule has 3 N–H and O–H groups in total. The van der Waals surface area contributed by atoms with Gasteiger partial charge in [0.05, 0.1) is 0 Å². The number of nitrogens with one attached hydrogen (secondary N) is 1. The summed E-state index contributed by atoms with van der Waals surface area (Å²) in [5, 5.41) is 5.71. The van der Waals surface area contributed by atoms with Crippen molar-refractivity contribution in [2.75, 3.05) is 18.6 Å². The fourth-order valence-corrected chi connectivity index (χ4v) is 14.4. The summed E-state index contributed by atoms with van der Waals surface area (Å²) in [5.41, 5.74) is 12.1. The molecule has 1 atom stereocenters. The van der Waals surface area contributed by atoms with Gasteiger partial charge in [-0.15, -0.1) is 0 Å². The number of fused-ring (bicyclic) bond motifs is 3. The molecule has 0 bridgehead atoms. The Hall–Kier alpha value is -1.08. The van der Waals surface area contributed by atoms with Crippen LogP contribution in [-0.4, -0.2) is 29.1 Å². The van der Waals surface area contributed by atoms with Gasteiger partial charge in [-0.05, 0) is 0 Å². The number of hydrogen-bond donors (Lipinski definition) is 2. The fourth-order valence-electron chi connectivity index (χ4n) is 4.38. The Morgan fingerprint density at radius 2 is 2.24 bits per heavy atom. The normalized spacial score (nSPS) is 20.9. The number of nitrogens with zero attached hydrogens (tertiary/aromatic N) is 2. The van der Waals surface area contributed by atoms with E-state index in [4.69, 9.17) is 12.3 Å². The van der Waals surface area contributed by atoms with Gasteiger partial charge in [-0.2, -0.15) is 0 Å². The van der Waals surface area contributed by atoms with Crippen LogP contribution in [0.4, 0.5) is 5.69 Å². The molecule has 2 aromatic rings. The van der Waals surface area contributed by atoms with Crippen molar-refractivity contribution < 1.29 is 54.3 Å². The summed E-state index contributed by atoms with van der Waals surface area (Å²) in [7, 11) is 0. The first-order valence-electron chi connectivity index (χ1n) is 10.6. The van der Waals surface area contributed by atoms with Crippen molar-refractivity contribution >= 4 is 28.6 Å². The quantitative estimate of drug-likeness (QED) is 0.264. The van der Waals surface area contributed by atoms with E-state index < -0.39 is 24.3 Å². The van der Waals surface area contributed by atoms with Crippen LogP contribution < -0.4 is 29.5 Å². The predicted octanol–water partition coefficient (Wildman–Crippen LogP) is 1.44. The van der Waals surface area contributed by atoms with E-state index in [1.807, 2.05) is 21.9 Å². The maximum absolute atomic E-state index is 11.9. The number of nitrogens with two attached hydrogens (primary N) is 1. The average Bonchev–Trinajstić information content (AvgIpc) is 3.26. The van der Waals surface area contributed by atoms with E-state index in [9.17, 15) is 4.79 Å². The number of amides is 1. The first kappa shape index (κ1) is 26.5. The number of alkyl halides is 3. The van der Waals surface area contributed by atoms with Crippen molar-refractivity contribution in [1.29, 1.82) is 0 Å². The topological polar surface area (TPSA) is 71.2 Å². The number of allylic oxidation sites excluding steroid dienone is 1. The molecule has 3 aliphatic rings. The first-order chi connectivity index (χ1) is 15.0. The predicted molar refractivity (Wildman–Crippen MR) is 128 cm³/mol. The number of carbonyl (C=O) groups is 1. The Bertz CT molecular complexity index is 1110. The number of unbranched alkanes of at least 4 members (excludes halogenated alkanes) is 1. The molecular weight excluding hydrogens is 769 g/mol. The van der Waals surface area contributed by atoms with E-state index in [1.54, 1.807) is 17.5 Å². The van der Waals surface area contributed by atoms with Crippen molar-refractivity contribution in [3.05, 3.63) is 81.3 Å². The zero-order chi connectivity index (χ0) is 21.6. The standard InChI is InChI=1S/C24H26IN4OS.CH3.U/c1-3-4-8-25(9-5-10-25)17-6-7-18-20(12-17)28-24(21-14-31-15-27-21)29-13-19(23(26)30)16(2)11-22(18)29;;/h2,7,11-15,24,28H,3-5,8-10H2,1H3,(H2,26,30);1H3;/q-3;-1;+2.